The third-order valence-electron chi connectivity index (χ3n) is 3.89. The summed E-state index contributed by atoms with van der Waals surface area (Å²) < 4.78 is 39.2. The molecule has 0 heterocycles. The molecule has 0 aliphatic carbocycles. The van der Waals surface area contributed by atoms with Crippen molar-refractivity contribution in [1.29, 1.82) is 5.26 Å². The standard InChI is InChI=1S/C20H18F3N3O3S/c1-12(27)25-14-5-7-16(8-6-14)30-11-19(2,29)18(28)26-15-4-3-13(10-24)17(9-15)20(21,22)23/h3-9,29H,11H2,1-2H3,(H,25,27)(H,26,28)/t19-/m0/s1. The molecule has 2 aromatic carbocycles. The molecule has 6 nitrogen and oxygen atoms in total. The SMILES string of the molecule is CC(=O)Nc1ccc(SC[C@](C)(O)C(=O)Nc2ccc(C#N)c(C(F)(F)F)c2)cc1. The minimum absolute atomic E-state index is 0.0687. The number of carbonyl (C=O) groups is 2. The largest absolute Gasteiger partial charge is 0.417 e. The Morgan fingerprint density at radius 2 is 1.70 bits per heavy atom. The molecule has 0 fully saturated rings. The summed E-state index contributed by atoms with van der Waals surface area (Å²) in [4.78, 5) is 24.1. The number of carbonyl (C=O) groups excluding carboxylic acids is 2. The lowest BCUT2D eigenvalue weighted by molar-refractivity contribution is -0.137. The summed E-state index contributed by atoms with van der Waals surface area (Å²) in [6.07, 6.45) is -4.76. The summed E-state index contributed by atoms with van der Waals surface area (Å²) in [6, 6.07) is 10.9. The average molecular weight is 437 g/mol. The van der Waals surface area contributed by atoms with E-state index in [1.54, 1.807) is 24.3 Å². The van der Waals surface area contributed by atoms with Crippen molar-refractivity contribution in [3.63, 3.8) is 0 Å². The van der Waals surface area contributed by atoms with E-state index in [-0.39, 0.29) is 17.3 Å². The van der Waals surface area contributed by atoms with Crippen molar-refractivity contribution in [2.24, 2.45) is 0 Å². The summed E-state index contributed by atoms with van der Waals surface area (Å²) in [5, 5.41) is 24.1. The van der Waals surface area contributed by atoms with Crippen molar-refractivity contribution in [2.45, 2.75) is 30.5 Å². The predicted molar refractivity (Wildman–Crippen MR) is 107 cm³/mol. The first-order valence-corrected chi connectivity index (χ1v) is 9.56. The second-order valence-corrected chi connectivity index (χ2v) is 7.64. The van der Waals surface area contributed by atoms with Gasteiger partial charge in [-0.2, -0.15) is 18.4 Å². The van der Waals surface area contributed by atoms with Crippen molar-refractivity contribution < 1.29 is 27.9 Å². The number of thioether (sulfide) groups is 1. The predicted octanol–water partition coefficient (Wildman–Crippen LogP) is 4.02. The van der Waals surface area contributed by atoms with Gasteiger partial charge < -0.3 is 15.7 Å². The normalized spacial score (nSPS) is 13.1. The van der Waals surface area contributed by atoms with Crippen LogP contribution in [0.25, 0.3) is 0 Å². The van der Waals surface area contributed by atoms with Crippen molar-refractivity contribution in [2.75, 3.05) is 16.4 Å². The van der Waals surface area contributed by atoms with Crippen LogP contribution in [-0.2, 0) is 15.8 Å². The van der Waals surface area contributed by atoms with Crippen LogP contribution in [0.5, 0.6) is 0 Å². The maximum Gasteiger partial charge on any atom is 0.417 e. The van der Waals surface area contributed by atoms with E-state index in [9.17, 15) is 27.9 Å². The van der Waals surface area contributed by atoms with E-state index in [0.29, 0.717) is 11.8 Å². The molecule has 0 aromatic heterocycles. The Hall–Kier alpha value is -3.03. The highest BCUT2D eigenvalue weighted by Gasteiger charge is 2.35. The van der Waals surface area contributed by atoms with E-state index < -0.39 is 28.8 Å². The molecule has 3 N–H and O–H groups in total. The van der Waals surface area contributed by atoms with Gasteiger partial charge in [-0.3, -0.25) is 9.59 Å². The molecule has 0 saturated heterocycles. The van der Waals surface area contributed by atoms with Gasteiger partial charge in [-0.15, -0.1) is 11.8 Å². The Labute approximate surface area is 175 Å². The lowest BCUT2D eigenvalue weighted by Gasteiger charge is -2.22. The number of halogens is 3. The Bertz CT molecular complexity index is 984. The number of alkyl halides is 3. The van der Waals surface area contributed by atoms with E-state index in [4.69, 9.17) is 5.26 Å². The average Bonchev–Trinajstić information content (AvgIpc) is 2.66. The first-order valence-electron chi connectivity index (χ1n) is 8.58. The summed E-state index contributed by atoms with van der Waals surface area (Å²) in [7, 11) is 0. The zero-order valence-corrected chi connectivity index (χ0v) is 16.8. The number of nitriles is 1. The Kier molecular flexibility index (Phi) is 7.12. The summed E-state index contributed by atoms with van der Waals surface area (Å²) in [6.45, 7) is 2.62. The smallest absolute Gasteiger partial charge is 0.379 e. The van der Waals surface area contributed by atoms with Crippen molar-refractivity contribution in [3.8, 4) is 6.07 Å². The summed E-state index contributed by atoms with van der Waals surface area (Å²) in [5.74, 6) is -1.17. The molecule has 2 aromatic rings. The molecule has 10 heteroatoms. The highest BCUT2D eigenvalue weighted by atomic mass is 32.2. The first kappa shape index (κ1) is 23.3. The molecule has 158 valence electrons. The highest BCUT2D eigenvalue weighted by Crippen LogP contribution is 2.34. The maximum atomic E-state index is 13.1. The van der Waals surface area contributed by atoms with Crippen LogP contribution < -0.4 is 10.6 Å². The minimum Gasteiger partial charge on any atom is -0.379 e. The molecular formula is C20H18F3N3O3S. The second-order valence-electron chi connectivity index (χ2n) is 6.59. The molecule has 30 heavy (non-hydrogen) atoms. The van der Waals surface area contributed by atoms with Gasteiger partial charge in [0.15, 0.2) is 0 Å². The highest BCUT2D eigenvalue weighted by molar-refractivity contribution is 7.99. The number of hydrogen-bond donors (Lipinski definition) is 3. The van der Waals surface area contributed by atoms with Crippen LogP contribution in [0.2, 0.25) is 0 Å². The number of amides is 2. The quantitative estimate of drug-likeness (QED) is 0.593. The van der Waals surface area contributed by atoms with Crippen LogP contribution in [0.4, 0.5) is 24.5 Å². The number of nitrogens with zero attached hydrogens (tertiary/aromatic N) is 1. The molecule has 0 bridgehead atoms. The van der Waals surface area contributed by atoms with E-state index in [2.05, 4.69) is 10.6 Å². The van der Waals surface area contributed by atoms with Gasteiger partial charge in [0.2, 0.25) is 5.91 Å². The maximum absolute atomic E-state index is 13.1. The zero-order chi connectivity index (χ0) is 22.5. The third-order valence-corrected chi connectivity index (χ3v) is 5.20. The Morgan fingerprint density at radius 3 is 2.23 bits per heavy atom. The fraction of sp³-hybridized carbons (Fsp3) is 0.250. The van der Waals surface area contributed by atoms with E-state index in [1.165, 1.54) is 19.9 Å². The Morgan fingerprint density at radius 1 is 1.10 bits per heavy atom. The molecule has 0 saturated carbocycles. The molecule has 0 unspecified atom stereocenters. The van der Waals surface area contributed by atoms with Crippen molar-refractivity contribution in [3.05, 3.63) is 53.6 Å². The molecule has 2 rings (SSSR count). The summed E-state index contributed by atoms with van der Waals surface area (Å²) >= 11 is 1.16. The van der Waals surface area contributed by atoms with Crippen LogP contribution in [0.3, 0.4) is 0 Å². The third kappa shape index (κ3) is 6.23. The lowest BCUT2D eigenvalue weighted by Crippen LogP contribution is -2.42. The molecule has 0 spiro atoms. The Balaban J connectivity index is 2.05. The van der Waals surface area contributed by atoms with Gasteiger partial charge in [-0.25, -0.2) is 0 Å². The van der Waals surface area contributed by atoms with Crippen molar-refractivity contribution >= 4 is 35.0 Å². The topological polar surface area (TPSA) is 102 Å². The second kappa shape index (κ2) is 9.19. The lowest BCUT2D eigenvalue weighted by atomic mass is 10.1. The number of anilines is 2. The number of aliphatic hydroxyl groups is 1. The molecule has 0 radical (unpaired) electrons. The van der Waals surface area contributed by atoms with Gasteiger partial charge in [0.05, 0.1) is 17.2 Å². The monoisotopic (exact) mass is 437 g/mol. The van der Waals surface area contributed by atoms with Crippen LogP contribution in [0.15, 0.2) is 47.4 Å². The molecule has 1 atom stereocenters. The van der Waals surface area contributed by atoms with E-state index >= 15 is 0 Å². The number of nitrogens with one attached hydrogen (secondary N) is 2. The van der Waals surface area contributed by atoms with Crippen LogP contribution in [0, 0.1) is 11.3 Å². The molecular weight excluding hydrogens is 419 g/mol. The molecule has 0 aliphatic heterocycles. The number of rotatable bonds is 6. The van der Waals surface area contributed by atoms with E-state index in [0.717, 1.165) is 28.8 Å². The van der Waals surface area contributed by atoms with Gasteiger partial charge in [-0.05, 0) is 49.4 Å². The van der Waals surface area contributed by atoms with E-state index in [1.807, 2.05) is 0 Å². The number of hydrogen-bond acceptors (Lipinski definition) is 5. The van der Waals surface area contributed by atoms with Gasteiger partial charge in [0.1, 0.15) is 5.60 Å². The van der Waals surface area contributed by atoms with Crippen molar-refractivity contribution in [1.82, 2.24) is 0 Å². The fourth-order valence-corrected chi connectivity index (χ4v) is 3.25. The zero-order valence-electron chi connectivity index (χ0n) is 16.0. The minimum atomic E-state index is -4.76. The fourth-order valence-electron chi connectivity index (χ4n) is 2.35. The van der Waals surface area contributed by atoms with Crippen LogP contribution in [-0.4, -0.2) is 28.3 Å². The van der Waals surface area contributed by atoms with Gasteiger partial charge in [0.25, 0.3) is 5.91 Å². The molecule has 2 amide bonds. The van der Waals surface area contributed by atoms with Crippen LogP contribution >= 0.6 is 11.8 Å². The van der Waals surface area contributed by atoms with Gasteiger partial charge in [-0.1, -0.05) is 0 Å². The summed E-state index contributed by atoms with van der Waals surface area (Å²) in [5.41, 5.74) is -3.21. The van der Waals surface area contributed by atoms with Crippen LogP contribution in [0.1, 0.15) is 25.0 Å². The first-order chi connectivity index (χ1) is 13.9. The number of benzene rings is 2. The van der Waals surface area contributed by atoms with Gasteiger partial charge in [0, 0.05) is 28.9 Å². The van der Waals surface area contributed by atoms with Gasteiger partial charge >= 0.3 is 6.18 Å². The molecule has 0 aliphatic rings.